The van der Waals surface area contributed by atoms with Crippen molar-refractivity contribution >= 4 is 28.7 Å². The lowest BCUT2D eigenvalue weighted by molar-refractivity contribution is -0.112. The Labute approximate surface area is 145 Å². The summed E-state index contributed by atoms with van der Waals surface area (Å²) in [5.74, 6) is 1.09. The van der Waals surface area contributed by atoms with Crippen LogP contribution in [0.3, 0.4) is 0 Å². The van der Waals surface area contributed by atoms with E-state index in [1.807, 2.05) is 36.4 Å². The van der Waals surface area contributed by atoms with E-state index in [4.69, 9.17) is 9.47 Å². The third-order valence-corrected chi connectivity index (χ3v) is 3.83. The van der Waals surface area contributed by atoms with E-state index in [9.17, 15) is 4.79 Å². The van der Waals surface area contributed by atoms with Crippen LogP contribution < -0.4 is 14.8 Å². The number of nitrogens with one attached hydrogen (secondary N) is 2. The Kier molecular flexibility index (Phi) is 4.70. The lowest BCUT2D eigenvalue weighted by atomic mass is 10.1. The number of hydrogen-bond acceptors (Lipinski definition) is 4. The number of anilines is 1. The number of benzene rings is 2. The third kappa shape index (κ3) is 3.63. The van der Waals surface area contributed by atoms with E-state index in [0.717, 1.165) is 16.6 Å². The average Bonchev–Trinajstić information content (AvgIpc) is 3.09. The van der Waals surface area contributed by atoms with E-state index in [-0.39, 0.29) is 5.91 Å². The summed E-state index contributed by atoms with van der Waals surface area (Å²) in [6.07, 6.45) is 3.42. The molecule has 0 atom stereocenters. The van der Waals surface area contributed by atoms with Gasteiger partial charge >= 0.3 is 0 Å². The van der Waals surface area contributed by atoms with Crippen LogP contribution in [0.15, 0.2) is 48.3 Å². The Morgan fingerprint density at radius 2 is 1.92 bits per heavy atom. The predicted octanol–water partition coefficient (Wildman–Crippen LogP) is 3.62. The first kappa shape index (κ1) is 16.6. The molecule has 1 amide bonds. The zero-order chi connectivity index (χ0) is 17.8. The number of H-pyrrole nitrogens is 1. The minimum absolute atomic E-state index is 0.173. The van der Waals surface area contributed by atoms with Crippen molar-refractivity contribution in [2.75, 3.05) is 19.5 Å². The number of aromatic nitrogens is 2. The molecule has 1 heterocycles. The van der Waals surface area contributed by atoms with E-state index >= 15 is 0 Å². The van der Waals surface area contributed by atoms with E-state index in [2.05, 4.69) is 15.3 Å². The Balaban J connectivity index is 1.78. The van der Waals surface area contributed by atoms with Gasteiger partial charge in [0.2, 0.25) is 0 Å². The Hall–Kier alpha value is -3.28. The van der Waals surface area contributed by atoms with Gasteiger partial charge in [0.25, 0.3) is 5.91 Å². The third-order valence-electron chi connectivity index (χ3n) is 3.83. The molecule has 2 N–H and O–H groups in total. The van der Waals surface area contributed by atoms with Gasteiger partial charge in [0.1, 0.15) is 0 Å². The maximum absolute atomic E-state index is 12.4. The lowest BCUT2D eigenvalue weighted by Crippen LogP contribution is -2.12. The zero-order valence-electron chi connectivity index (χ0n) is 14.3. The number of aromatic amines is 1. The van der Waals surface area contributed by atoms with Crippen LogP contribution in [-0.4, -0.2) is 30.1 Å². The Bertz CT molecular complexity index is 944. The Morgan fingerprint density at radius 1 is 1.12 bits per heavy atom. The van der Waals surface area contributed by atoms with Crippen molar-refractivity contribution in [3.05, 3.63) is 53.9 Å². The van der Waals surface area contributed by atoms with Crippen molar-refractivity contribution < 1.29 is 14.3 Å². The van der Waals surface area contributed by atoms with Gasteiger partial charge in [0.15, 0.2) is 11.5 Å². The topological polar surface area (TPSA) is 76.2 Å². The molecule has 0 unspecified atom stereocenters. The molecule has 0 aliphatic rings. The molecule has 0 aliphatic carbocycles. The van der Waals surface area contributed by atoms with Gasteiger partial charge in [-0.05, 0) is 48.9 Å². The first-order valence-corrected chi connectivity index (χ1v) is 7.75. The van der Waals surface area contributed by atoms with Crippen molar-refractivity contribution in [3.8, 4) is 11.5 Å². The van der Waals surface area contributed by atoms with Crippen LogP contribution in [0.2, 0.25) is 0 Å². The largest absolute Gasteiger partial charge is 0.493 e. The lowest BCUT2D eigenvalue weighted by Gasteiger charge is -2.09. The van der Waals surface area contributed by atoms with Gasteiger partial charge in [-0.25, -0.2) is 4.98 Å². The summed E-state index contributed by atoms with van der Waals surface area (Å²) in [5.41, 5.74) is 3.88. The van der Waals surface area contributed by atoms with Crippen molar-refractivity contribution in [3.63, 3.8) is 0 Å². The Morgan fingerprint density at radius 3 is 2.68 bits per heavy atom. The number of rotatable bonds is 5. The summed E-state index contributed by atoms with van der Waals surface area (Å²) in [6.45, 7) is 1.76. The van der Waals surface area contributed by atoms with Gasteiger partial charge in [-0.15, -0.1) is 0 Å². The molecule has 25 heavy (non-hydrogen) atoms. The van der Waals surface area contributed by atoms with Crippen molar-refractivity contribution in [1.82, 2.24) is 9.97 Å². The number of carbonyl (C=O) groups excluding carboxylic acids is 1. The van der Waals surface area contributed by atoms with E-state index in [0.29, 0.717) is 22.8 Å². The van der Waals surface area contributed by atoms with Crippen LogP contribution >= 0.6 is 0 Å². The summed E-state index contributed by atoms with van der Waals surface area (Å²) in [7, 11) is 3.17. The molecule has 128 valence electrons. The van der Waals surface area contributed by atoms with Gasteiger partial charge in [-0.2, -0.15) is 0 Å². The van der Waals surface area contributed by atoms with Crippen LogP contribution in [0.25, 0.3) is 17.1 Å². The summed E-state index contributed by atoms with van der Waals surface area (Å²) < 4.78 is 10.5. The van der Waals surface area contributed by atoms with Crippen LogP contribution in [0.5, 0.6) is 11.5 Å². The molecule has 0 aliphatic heterocycles. The van der Waals surface area contributed by atoms with Crippen LogP contribution in [0, 0.1) is 0 Å². The van der Waals surface area contributed by atoms with Crippen LogP contribution in [-0.2, 0) is 4.79 Å². The molecular weight excluding hydrogens is 318 g/mol. The smallest absolute Gasteiger partial charge is 0.251 e. The van der Waals surface area contributed by atoms with Gasteiger partial charge in [0.05, 0.1) is 31.6 Å². The number of hydrogen-bond donors (Lipinski definition) is 2. The molecule has 6 heteroatoms. The summed E-state index contributed by atoms with van der Waals surface area (Å²) in [5, 5.41) is 2.88. The molecule has 3 aromatic rings. The molecule has 2 aromatic carbocycles. The quantitative estimate of drug-likeness (QED) is 0.697. The van der Waals surface area contributed by atoms with Gasteiger partial charge in [-0.3, -0.25) is 4.79 Å². The second-order valence-electron chi connectivity index (χ2n) is 5.53. The van der Waals surface area contributed by atoms with Crippen LogP contribution in [0.4, 0.5) is 5.69 Å². The van der Waals surface area contributed by atoms with Gasteiger partial charge < -0.3 is 19.8 Å². The fourth-order valence-electron chi connectivity index (χ4n) is 2.50. The molecule has 0 fully saturated rings. The molecule has 3 rings (SSSR count). The van der Waals surface area contributed by atoms with E-state index < -0.39 is 0 Å². The van der Waals surface area contributed by atoms with Gasteiger partial charge in [0, 0.05) is 11.3 Å². The number of nitrogens with zero attached hydrogens (tertiary/aromatic N) is 1. The second kappa shape index (κ2) is 7.09. The van der Waals surface area contributed by atoms with Crippen molar-refractivity contribution in [2.45, 2.75) is 6.92 Å². The molecule has 0 bridgehead atoms. The standard InChI is InChI=1S/C19H19N3O3/c1-12(8-13-4-7-17(24-2)18(9-13)25-3)19(23)22-14-5-6-15-16(10-14)21-11-20-15/h4-11H,1-3H3,(H,20,21)(H,22,23)/b12-8+. The van der Waals surface area contributed by atoms with Crippen molar-refractivity contribution in [2.24, 2.45) is 0 Å². The highest BCUT2D eigenvalue weighted by atomic mass is 16.5. The first-order chi connectivity index (χ1) is 12.1. The average molecular weight is 337 g/mol. The van der Waals surface area contributed by atoms with Gasteiger partial charge in [-0.1, -0.05) is 6.07 Å². The highest BCUT2D eigenvalue weighted by molar-refractivity contribution is 6.06. The van der Waals surface area contributed by atoms with E-state index in [1.54, 1.807) is 33.5 Å². The molecule has 0 spiro atoms. The normalized spacial score (nSPS) is 11.4. The number of fused-ring (bicyclic) bond motifs is 1. The minimum atomic E-state index is -0.173. The summed E-state index contributed by atoms with van der Waals surface area (Å²) >= 11 is 0. The molecule has 0 saturated carbocycles. The fourth-order valence-corrected chi connectivity index (χ4v) is 2.50. The SMILES string of the molecule is COc1ccc(/C=C(\C)C(=O)Nc2ccc3nc[nH]c3c2)cc1OC. The molecule has 6 nitrogen and oxygen atoms in total. The number of ether oxygens (including phenoxy) is 2. The maximum Gasteiger partial charge on any atom is 0.251 e. The number of methoxy groups -OCH3 is 2. The number of imidazole rings is 1. The highest BCUT2D eigenvalue weighted by Crippen LogP contribution is 2.28. The molecule has 0 radical (unpaired) electrons. The minimum Gasteiger partial charge on any atom is -0.493 e. The van der Waals surface area contributed by atoms with E-state index in [1.165, 1.54) is 0 Å². The monoisotopic (exact) mass is 337 g/mol. The molecule has 1 aromatic heterocycles. The van der Waals surface area contributed by atoms with Crippen LogP contribution in [0.1, 0.15) is 12.5 Å². The number of amides is 1. The summed E-state index contributed by atoms with van der Waals surface area (Å²) in [6, 6.07) is 11.0. The van der Waals surface area contributed by atoms with Crippen molar-refractivity contribution in [1.29, 1.82) is 0 Å². The maximum atomic E-state index is 12.4. The predicted molar refractivity (Wildman–Crippen MR) is 97.9 cm³/mol. The molecule has 0 saturated heterocycles. The first-order valence-electron chi connectivity index (χ1n) is 7.75. The second-order valence-corrected chi connectivity index (χ2v) is 5.53. The highest BCUT2D eigenvalue weighted by Gasteiger charge is 2.08. The number of carbonyl (C=O) groups is 1. The molecular formula is C19H19N3O3. The fraction of sp³-hybridized carbons (Fsp3) is 0.158. The zero-order valence-corrected chi connectivity index (χ0v) is 14.3. The summed E-state index contributed by atoms with van der Waals surface area (Å²) in [4.78, 5) is 19.6.